The Labute approximate surface area is 215 Å². The highest BCUT2D eigenvalue weighted by Crippen LogP contribution is 2.35. The van der Waals surface area contributed by atoms with Crippen molar-refractivity contribution in [3.05, 3.63) is 66.0 Å². The van der Waals surface area contributed by atoms with Crippen molar-refractivity contribution >= 4 is 32.6 Å². The minimum Gasteiger partial charge on any atom is -0.492 e. The molecule has 0 aliphatic carbocycles. The normalized spacial score (nSPS) is 14.3. The molecule has 188 valence electrons. The van der Waals surface area contributed by atoms with Crippen LogP contribution in [0.15, 0.2) is 54.7 Å². The van der Waals surface area contributed by atoms with E-state index in [1.165, 1.54) is 11.3 Å². The Balaban J connectivity index is 1.45. The molecule has 1 fully saturated rings. The maximum atomic E-state index is 14.0. The molecule has 0 radical (unpaired) electrons. The predicted octanol–water partition coefficient (Wildman–Crippen LogP) is 4.56. The lowest BCUT2D eigenvalue weighted by molar-refractivity contribution is 0.0376. The number of benzene rings is 2. The number of carbonyl (C=O) groups excluding carboxylic acids is 1. The van der Waals surface area contributed by atoms with E-state index in [-0.39, 0.29) is 5.91 Å². The largest absolute Gasteiger partial charge is 0.492 e. The van der Waals surface area contributed by atoms with E-state index in [0.29, 0.717) is 23.8 Å². The van der Waals surface area contributed by atoms with Gasteiger partial charge < -0.3 is 9.47 Å². The van der Waals surface area contributed by atoms with Crippen molar-refractivity contribution in [3.63, 3.8) is 0 Å². The molecular formula is C27H31N5O3S. The molecule has 9 heteroatoms. The van der Waals surface area contributed by atoms with Gasteiger partial charge in [0.15, 0.2) is 5.13 Å². The van der Waals surface area contributed by atoms with E-state index in [9.17, 15) is 4.79 Å². The lowest BCUT2D eigenvalue weighted by Crippen LogP contribution is -2.39. The first-order valence-corrected chi connectivity index (χ1v) is 13.2. The van der Waals surface area contributed by atoms with Gasteiger partial charge in [0.05, 0.1) is 47.7 Å². The molecule has 8 nitrogen and oxygen atoms in total. The first kappa shape index (κ1) is 24.4. The number of hydrogen-bond donors (Lipinski definition) is 0. The second-order valence-electron chi connectivity index (χ2n) is 8.69. The summed E-state index contributed by atoms with van der Waals surface area (Å²) in [5.41, 5.74) is 3.10. The zero-order chi connectivity index (χ0) is 24.9. The van der Waals surface area contributed by atoms with E-state index in [4.69, 9.17) is 14.5 Å². The van der Waals surface area contributed by atoms with Crippen LogP contribution in [0.3, 0.4) is 0 Å². The van der Waals surface area contributed by atoms with Crippen LogP contribution in [0.5, 0.6) is 5.75 Å². The van der Waals surface area contributed by atoms with Crippen LogP contribution in [-0.4, -0.2) is 71.6 Å². The van der Waals surface area contributed by atoms with Crippen LogP contribution in [-0.2, 0) is 4.74 Å². The van der Waals surface area contributed by atoms with Gasteiger partial charge in [-0.25, -0.2) is 9.67 Å². The van der Waals surface area contributed by atoms with Gasteiger partial charge in [-0.05, 0) is 44.5 Å². The molecule has 2 aromatic carbocycles. The lowest BCUT2D eigenvalue weighted by Gasteiger charge is -2.27. The minimum absolute atomic E-state index is 0.0892. The molecule has 1 aliphatic rings. The lowest BCUT2D eigenvalue weighted by atomic mass is 10.2. The topological polar surface area (TPSA) is 72.7 Å². The third-order valence-electron chi connectivity index (χ3n) is 6.35. The molecule has 0 unspecified atom stereocenters. The third-order valence-corrected chi connectivity index (χ3v) is 7.39. The average Bonchev–Trinajstić information content (AvgIpc) is 3.52. The van der Waals surface area contributed by atoms with Gasteiger partial charge in [0.25, 0.3) is 5.91 Å². The number of aromatic nitrogens is 3. The number of para-hydroxylation sites is 2. The highest BCUT2D eigenvalue weighted by atomic mass is 32.1. The van der Waals surface area contributed by atoms with Gasteiger partial charge in [0, 0.05) is 26.2 Å². The number of amides is 1. The molecule has 36 heavy (non-hydrogen) atoms. The van der Waals surface area contributed by atoms with Gasteiger partial charge in [0.2, 0.25) is 0 Å². The summed E-state index contributed by atoms with van der Waals surface area (Å²) in [5, 5.41) is 5.20. The number of nitrogens with zero attached hydrogens (tertiary/aromatic N) is 5. The molecule has 0 N–H and O–H groups in total. The number of carbonyl (C=O) groups is 1. The predicted molar refractivity (Wildman–Crippen MR) is 143 cm³/mol. The SMILES string of the molecule is CCOc1cccc2sc(N(CCCN3CCOCC3)C(=O)c3cnn(-c4ccccc4)c3C)nc12. The van der Waals surface area contributed by atoms with Crippen LogP contribution in [0.4, 0.5) is 5.13 Å². The second kappa shape index (κ2) is 11.2. The van der Waals surface area contributed by atoms with Gasteiger partial charge in [-0.15, -0.1) is 0 Å². The molecule has 1 aliphatic heterocycles. The molecule has 4 aromatic rings. The monoisotopic (exact) mass is 505 g/mol. The Kier molecular flexibility index (Phi) is 7.60. The highest BCUT2D eigenvalue weighted by molar-refractivity contribution is 7.22. The Morgan fingerprint density at radius 1 is 1.14 bits per heavy atom. The summed E-state index contributed by atoms with van der Waals surface area (Å²) in [7, 11) is 0. The Morgan fingerprint density at radius 2 is 1.94 bits per heavy atom. The molecule has 1 amide bonds. The number of fused-ring (bicyclic) bond motifs is 1. The minimum atomic E-state index is -0.0892. The van der Waals surface area contributed by atoms with E-state index in [1.54, 1.807) is 11.1 Å². The summed E-state index contributed by atoms with van der Waals surface area (Å²) >= 11 is 1.52. The molecule has 1 saturated heterocycles. The summed E-state index contributed by atoms with van der Waals surface area (Å²) in [6.45, 7) is 9.31. The van der Waals surface area contributed by atoms with Crippen molar-refractivity contribution in [3.8, 4) is 11.4 Å². The molecule has 2 aromatic heterocycles. The maximum Gasteiger partial charge on any atom is 0.263 e. The molecule has 0 saturated carbocycles. The Hall–Kier alpha value is -3.27. The van der Waals surface area contributed by atoms with Crippen molar-refractivity contribution < 1.29 is 14.3 Å². The van der Waals surface area contributed by atoms with Crippen molar-refractivity contribution in [2.24, 2.45) is 0 Å². The summed E-state index contributed by atoms with van der Waals surface area (Å²) in [4.78, 5) is 23.0. The quantitative estimate of drug-likeness (QED) is 0.332. The van der Waals surface area contributed by atoms with Crippen LogP contribution in [0, 0.1) is 6.92 Å². The fourth-order valence-corrected chi connectivity index (χ4v) is 5.46. The van der Waals surface area contributed by atoms with Gasteiger partial charge in [-0.2, -0.15) is 5.10 Å². The molecule has 5 rings (SSSR count). The van der Waals surface area contributed by atoms with Gasteiger partial charge in [-0.3, -0.25) is 14.6 Å². The summed E-state index contributed by atoms with van der Waals surface area (Å²) in [6, 6.07) is 15.8. The van der Waals surface area contributed by atoms with Gasteiger partial charge >= 0.3 is 0 Å². The standard InChI is InChI=1S/C27H31N5O3S/c1-3-35-23-11-7-12-24-25(23)29-27(36-24)31(14-8-13-30-15-17-34-18-16-30)26(33)22-19-28-32(20(22)2)21-9-5-4-6-10-21/h4-7,9-12,19H,3,8,13-18H2,1-2H3. The first-order valence-electron chi connectivity index (χ1n) is 12.4. The van der Waals surface area contributed by atoms with Crippen molar-refractivity contribution in [2.75, 3.05) is 50.9 Å². The zero-order valence-corrected chi connectivity index (χ0v) is 21.5. The van der Waals surface area contributed by atoms with Gasteiger partial charge in [0.1, 0.15) is 11.3 Å². The van der Waals surface area contributed by atoms with Crippen molar-refractivity contribution in [1.29, 1.82) is 0 Å². The van der Waals surface area contributed by atoms with E-state index in [1.807, 2.05) is 67.1 Å². The number of anilines is 1. The fourth-order valence-electron chi connectivity index (χ4n) is 4.45. The third kappa shape index (κ3) is 5.13. The summed E-state index contributed by atoms with van der Waals surface area (Å²) in [6.07, 6.45) is 2.50. The van der Waals surface area contributed by atoms with Crippen LogP contribution >= 0.6 is 11.3 Å². The Morgan fingerprint density at radius 3 is 2.72 bits per heavy atom. The van der Waals surface area contributed by atoms with E-state index in [2.05, 4.69) is 10.00 Å². The van der Waals surface area contributed by atoms with Crippen LogP contribution in [0.1, 0.15) is 29.4 Å². The van der Waals surface area contributed by atoms with E-state index >= 15 is 0 Å². The number of rotatable bonds is 9. The highest BCUT2D eigenvalue weighted by Gasteiger charge is 2.26. The second-order valence-corrected chi connectivity index (χ2v) is 9.70. The van der Waals surface area contributed by atoms with E-state index in [0.717, 1.165) is 66.6 Å². The maximum absolute atomic E-state index is 14.0. The van der Waals surface area contributed by atoms with Crippen molar-refractivity contribution in [2.45, 2.75) is 20.3 Å². The summed E-state index contributed by atoms with van der Waals surface area (Å²) < 4.78 is 14.1. The van der Waals surface area contributed by atoms with Gasteiger partial charge in [-0.1, -0.05) is 35.6 Å². The Bertz CT molecular complexity index is 1310. The number of morpholine rings is 1. The first-order chi connectivity index (χ1) is 17.7. The average molecular weight is 506 g/mol. The number of ether oxygens (including phenoxy) is 2. The molecule has 0 atom stereocenters. The number of thiazole rings is 1. The molecule has 0 bridgehead atoms. The smallest absolute Gasteiger partial charge is 0.263 e. The molecule has 3 heterocycles. The van der Waals surface area contributed by atoms with Crippen LogP contribution in [0.2, 0.25) is 0 Å². The summed E-state index contributed by atoms with van der Waals surface area (Å²) in [5.74, 6) is 0.653. The van der Waals surface area contributed by atoms with Crippen LogP contribution in [0.25, 0.3) is 15.9 Å². The van der Waals surface area contributed by atoms with Crippen LogP contribution < -0.4 is 9.64 Å². The van der Waals surface area contributed by atoms with E-state index < -0.39 is 0 Å². The molecule has 0 spiro atoms. The molecular weight excluding hydrogens is 474 g/mol. The fraction of sp³-hybridized carbons (Fsp3) is 0.370. The number of hydrogen-bond acceptors (Lipinski definition) is 7. The van der Waals surface area contributed by atoms with Crippen molar-refractivity contribution in [1.82, 2.24) is 19.7 Å². The zero-order valence-electron chi connectivity index (χ0n) is 20.7.